The van der Waals surface area contributed by atoms with Gasteiger partial charge >= 0.3 is 6.18 Å². The molecule has 0 fully saturated rings. The van der Waals surface area contributed by atoms with Crippen LogP contribution >= 0.6 is 0 Å². The first-order valence-electron chi connectivity index (χ1n) is 6.63. The number of halogens is 3. The number of ether oxygens (including phenoxy) is 2. The zero-order chi connectivity index (χ0) is 16.0. The van der Waals surface area contributed by atoms with E-state index < -0.39 is 12.8 Å². The third-order valence-electron chi connectivity index (χ3n) is 3.10. The van der Waals surface area contributed by atoms with Gasteiger partial charge in [-0.1, -0.05) is 0 Å². The van der Waals surface area contributed by atoms with Crippen LogP contribution in [0.1, 0.15) is 23.2 Å². The van der Waals surface area contributed by atoms with Crippen molar-refractivity contribution in [2.75, 3.05) is 20.3 Å². The molecule has 1 rings (SSSR count). The van der Waals surface area contributed by atoms with Crippen LogP contribution in [0.4, 0.5) is 13.2 Å². The summed E-state index contributed by atoms with van der Waals surface area (Å²) < 4.78 is 45.6. The molecule has 0 aromatic carbocycles. The van der Waals surface area contributed by atoms with Gasteiger partial charge in [-0.15, -0.1) is 0 Å². The van der Waals surface area contributed by atoms with Crippen LogP contribution in [0.25, 0.3) is 0 Å². The second-order valence-electron chi connectivity index (χ2n) is 4.97. The van der Waals surface area contributed by atoms with Crippen molar-refractivity contribution in [1.82, 2.24) is 4.98 Å². The van der Waals surface area contributed by atoms with Crippen LogP contribution in [0.15, 0.2) is 6.20 Å². The number of aryl methyl sites for hydroxylation is 1. The van der Waals surface area contributed by atoms with Crippen molar-refractivity contribution in [2.45, 2.75) is 38.9 Å². The van der Waals surface area contributed by atoms with Crippen LogP contribution in [0.3, 0.4) is 0 Å². The maximum atomic E-state index is 11.9. The lowest BCUT2D eigenvalue weighted by molar-refractivity contribution is -0.174. The first kappa shape index (κ1) is 17.7. The summed E-state index contributed by atoms with van der Waals surface area (Å²) in [6, 6.07) is -0.308. The average molecular weight is 306 g/mol. The van der Waals surface area contributed by atoms with E-state index in [2.05, 4.69) is 9.72 Å². The Bertz CT molecular complexity index is 464. The van der Waals surface area contributed by atoms with Gasteiger partial charge in [0.2, 0.25) is 0 Å². The van der Waals surface area contributed by atoms with E-state index in [0.717, 1.165) is 22.6 Å². The number of alkyl halides is 3. The normalized spacial score (nSPS) is 13.3. The maximum absolute atomic E-state index is 11.9. The van der Waals surface area contributed by atoms with Crippen LogP contribution in [0, 0.1) is 13.8 Å². The number of rotatable bonds is 7. The Hall–Kier alpha value is -1.34. The van der Waals surface area contributed by atoms with E-state index in [1.165, 1.54) is 0 Å². The quantitative estimate of drug-likeness (QED) is 0.787. The Balaban J connectivity index is 2.50. The lowest BCUT2D eigenvalue weighted by Gasteiger charge is -2.16. The molecule has 1 unspecified atom stereocenters. The summed E-state index contributed by atoms with van der Waals surface area (Å²) in [4.78, 5) is 4.31. The molecule has 1 aromatic heterocycles. The summed E-state index contributed by atoms with van der Waals surface area (Å²) >= 11 is 0. The summed E-state index contributed by atoms with van der Waals surface area (Å²) in [5, 5.41) is 0. The fourth-order valence-corrected chi connectivity index (χ4v) is 2.05. The molecule has 0 amide bonds. The summed E-state index contributed by atoms with van der Waals surface area (Å²) in [6.45, 7) is 2.52. The third kappa shape index (κ3) is 5.89. The number of pyridine rings is 1. The Morgan fingerprint density at radius 2 is 2.00 bits per heavy atom. The van der Waals surface area contributed by atoms with Crippen molar-refractivity contribution in [3.05, 3.63) is 23.0 Å². The standard InChI is InChI=1S/C14H21F3N2O2/c1-9-7-19-12(10(2)13(9)20-3)6-11(18)4-5-21-8-14(15,16)17/h7,11H,4-6,8,18H2,1-3H3. The number of nitrogens with zero attached hydrogens (tertiary/aromatic N) is 1. The molecule has 7 heteroatoms. The van der Waals surface area contributed by atoms with Gasteiger partial charge in [0.15, 0.2) is 0 Å². The number of nitrogens with two attached hydrogens (primary N) is 1. The number of methoxy groups -OCH3 is 1. The maximum Gasteiger partial charge on any atom is 0.411 e. The molecular formula is C14H21F3N2O2. The molecule has 1 heterocycles. The van der Waals surface area contributed by atoms with Crippen LogP contribution in [0.2, 0.25) is 0 Å². The second-order valence-corrected chi connectivity index (χ2v) is 4.97. The van der Waals surface area contributed by atoms with Crippen molar-refractivity contribution in [3.63, 3.8) is 0 Å². The highest BCUT2D eigenvalue weighted by atomic mass is 19.4. The molecule has 120 valence electrons. The lowest BCUT2D eigenvalue weighted by Crippen LogP contribution is -2.27. The van der Waals surface area contributed by atoms with Gasteiger partial charge in [0.05, 0.1) is 7.11 Å². The minimum atomic E-state index is -4.30. The summed E-state index contributed by atoms with van der Waals surface area (Å²) in [7, 11) is 1.59. The van der Waals surface area contributed by atoms with Gasteiger partial charge in [0.1, 0.15) is 12.4 Å². The van der Waals surface area contributed by atoms with E-state index in [1.54, 1.807) is 13.3 Å². The van der Waals surface area contributed by atoms with Crippen LogP contribution in [0.5, 0.6) is 5.75 Å². The highest BCUT2D eigenvalue weighted by Gasteiger charge is 2.27. The molecule has 0 bridgehead atoms. The fraction of sp³-hybridized carbons (Fsp3) is 0.643. The van der Waals surface area contributed by atoms with Crippen molar-refractivity contribution < 1.29 is 22.6 Å². The topological polar surface area (TPSA) is 57.4 Å². The van der Waals surface area contributed by atoms with E-state index >= 15 is 0 Å². The molecule has 1 atom stereocenters. The largest absolute Gasteiger partial charge is 0.496 e. The number of aromatic nitrogens is 1. The first-order valence-corrected chi connectivity index (χ1v) is 6.63. The molecule has 0 saturated carbocycles. The summed E-state index contributed by atoms with van der Waals surface area (Å²) in [5.41, 5.74) is 8.54. The lowest BCUT2D eigenvalue weighted by atomic mass is 10.0. The highest BCUT2D eigenvalue weighted by Crippen LogP contribution is 2.24. The van der Waals surface area contributed by atoms with E-state index in [9.17, 15) is 13.2 Å². The average Bonchev–Trinajstić information content (AvgIpc) is 2.38. The van der Waals surface area contributed by atoms with Crippen molar-refractivity contribution in [1.29, 1.82) is 0 Å². The van der Waals surface area contributed by atoms with Crippen molar-refractivity contribution in [3.8, 4) is 5.75 Å². The van der Waals surface area contributed by atoms with Crippen LogP contribution < -0.4 is 10.5 Å². The molecule has 0 saturated heterocycles. The predicted octanol–water partition coefficient (Wildman–Crippen LogP) is 2.55. The molecule has 0 aliphatic carbocycles. The van der Waals surface area contributed by atoms with Gasteiger partial charge in [-0.3, -0.25) is 4.98 Å². The van der Waals surface area contributed by atoms with Gasteiger partial charge < -0.3 is 15.2 Å². The highest BCUT2D eigenvalue weighted by molar-refractivity contribution is 5.41. The Labute approximate surface area is 122 Å². The van der Waals surface area contributed by atoms with Gasteiger partial charge in [-0.05, 0) is 20.3 Å². The van der Waals surface area contributed by atoms with Crippen LogP contribution in [-0.2, 0) is 11.2 Å². The number of hydrogen-bond acceptors (Lipinski definition) is 4. The molecule has 21 heavy (non-hydrogen) atoms. The zero-order valence-electron chi connectivity index (χ0n) is 12.5. The molecule has 0 aliphatic rings. The minimum absolute atomic E-state index is 0.0251. The van der Waals surface area contributed by atoms with E-state index in [-0.39, 0.29) is 12.6 Å². The zero-order valence-corrected chi connectivity index (χ0v) is 12.5. The van der Waals surface area contributed by atoms with E-state index in [1.807, 2.05) is 13.8 Å². The van der Waals surface area contributed by atoms with Crippen LogP contribution in [-0.4, -0.2) is 37.5 Å². The molecular weight excluding hydrogens is 285 g/mol. The summed E-state index contributed by atoms with van der Waals surface area (Å²) in [6.07, 6.45) is -1.79. The van der Waals surface area contributed by atoms with Gasteiger partial charge in [-0.25, -0.2) is 0 Å². The SMILES string of the molecule is COc1c(C)cnc(CC(N)CCOCC(F)(F)F)c1C. The number of hydrogen-bond donors (Lipinski definition) is 1. The Morgan fingerprint density at radius 1 is 1.33 bits per heavy atom. The predicted molar refractivity (Wildman–Crippen MR) is 73.4 cm³/mol. The smallest absolute Gasteiger partial charge is 0.411 e. The molecule has 2 N–H and O–H groups in total. The second kappa shape index (κ2) is 7.61. The fourth-order valence-electron chi connectivity index (χ4n) is 2.05. The third-order valence-corrected chi connectivity index (χ3v) is 3.10. The Morgan fingerprint density at radius 3 is 2.57 bits per heavy atom. The molecule has 0 aliphatic heterocycles. The van der Waals surface area contributed by atoms with E-state index in [4.69, 9.17) is 10.5 Å². The van der Waals surface area contributed by atoms with Gasteiger partial charge in [-0.2, -0.15) is 13.2 Å². The van der Waals surface area contributed by atoms with Gasteiger partial charge in [0, 0.05) is 42.1 Å². The van der Waals surface area contributed by atoms with Crippen molar-refractivity contribution >= 4 is 0 Å². The summed E-state index contributed by atoms with van der Waals surface area (Å²) in [5.74, 6) is 0.764. The Kier molecular flexibility index (Phi) is 6.42. The molecule has 1 aromatic rings. The first-order chi connectivity index (χ1) is 9.74. The molecule has 0 radical (unpaired) electrons. The molecule has 4 nitrogen and oxygen atoms in total. The minimum Gasteiger partial charge on any atom is -0.496 e. The van der Waals surface area contributed by atoms with Gasteiger partial charge in [0.25, 0.3) is 0 Å². The van der Waals surface area contributed by atoms with E-state index in [0.29, 0.717) is 12.8 Å². The van der Waals surface area contributed by atoms with Crippen molar-refractivity contribution in [2.24, 2.45) is 5.73 Å². The molecule has 0 spiro atoms. The monoisotopic (exact) mass is 306 g/mol.